The van der Waals surface area contributed by atoms with Crippen LogP contribution in [-0.2, 0) is 26.0 Å². The van der Waals surface area contributed by atoms with E-state index in [0.717, 1.165) is 36.0 Å². The number of nitrogens with zero attached hydrogens (tertiary/aromatic N) is 1. The van der Waals surface area contributed by atoms with Crippen LogP contribution in [0.25, 0.3) is 0 Å². The molecule has 1 amide bonds. The van der Waals surface area contributed by atoms with Crippen LogP contribution >= 0.6 is 11.3 Å². The maximum absolute atomic E-state index is 13.5. The van der Waals surface area contributed by atoms with Gasteiger partial charge >= 0.3 is 0 Å². The summed E-state index contributed by atoms with van der Waals surface area (Å²) in [4.78, 5) is 19.6. The van der Waals surface area contributed by atoms with Crippen molar-refractivity contribution in [2.75, 3.05) is 0 Å². The fraction of sp³-hybridized carbons (Fsp3) is 0.312. The van der Waals surface area contributed by atoms with Gasteiger partial charge in [0.15, 0.2) is 0 Å². The average molecular weight is 545 g/mol. The first kappa shape index (κ1) is 26.9. The monoisotopic (exact) mass is 544 g/mol. The van der Waals surface area contributed by atoms with Crippen molar-refractivity contribution in [3.63, 3.8) is 0 Å². The summed E-state index contributed by atoms with van der Waals surface area (Å²) in [7, 11) is 0. The molecule has 0 fully saturated rings. The first-order valence-electron chi connectivity index (χ1n) is 13.2. The summed E-state index contributed by atoms with van der Waals surface area (Å²) < 4.78 is 24.7. The van der Waals surface area contributed by atoms with Crippen molar-refractivity contribution in [2.24, 2.45) is 16.3 Å². The summed E-state index contributed by atoms with van der Waals surface area (Å²) >= 11 is 1.61. The Balaban J connectivity index is 1.41. The van der Waals surface area contributed by atoms with E-state index < -0.39 is 0 Å². The zero-order chi connectivity index (χ0) is 27.4. The van der Waals surface area contributed by atoms with Crippen LogP contribution in [0.1, 0.15) is 64.9 Å². The van der Waals surface area contributed by atoms with Gasteiger partial charge in [-0.15, -0.1) is 11.3 Å². The van der Waals surface area contributed by atoms with E-state index in [1.165, 1.54) is 17.0 Å². The van der Waals surface area contributed by atoms with Gasteiger partial charge in [0.1, 0.15) is 28.9 Å². The Morgan fingerprint density at radius 3 is 2.69 bits per heavy atom. The molecule has 1 atom stereocenters. The van der Waals surface area contributed by atoms with Crippen LogP contribution in [0.2, 0.25) is 0 Å². The van der Waals surface area contributed by atoms with Crippen molar-refractivity contribution in [2.45, 2.75) is 53.2 Å². The van der Waals surface area contributed by atoms with Crippen LogP contribution in [0.3, 0.4) is 0 Å². The van der Waals surface area contributed by atoms with Crippen LogP contribution in [0, 0.1) is 17.2 Å². The number of thiophene rings is 1. The molecule has 7 heteroatoms. The topological polar surface area (TPSA) is 63.8 Å². The van der Waals surface area contributed by atoms with Crippen molar-refractivity contribution in [1.29, 1.82) is 0 Å². The highest BCUT2D eigenvalue weighted by atomic mass is 32.1. The number of aliphatic imine (C=N–C) groups is 1. The van der Waals surface area contributed by atoms with Gasteiger partial charge in [-0.2, -0.15) is 0 Å². The Morgan fingerprint density at radius 1 is 1.15 bits per heavy atom. The quantitative estimate of drug-likeness (QED) is 0.229. The van der Waals surface area contributed by atoms with Gasteiger partial charge in [0.25, 0.3) is 5.91 Å². The molecule has 0 unspecified atom stereocenters. The second-order valence-electron chi connectivity index (χ2n) is 11.0. The number of halogens is 1. The van der Waals surface area contributed by atoms with Crippen molar-refractivity contribution in [1.82, 2.24) is 5.32 Å². The van der Waals surface area contributed by atoms with E-state index >= 15 is 0 Å². The number of hydrogen-bond acceptors (Lipinski definition) is 5. The predicted octanol–water partition coefficient (Wildman–Crippen LogP) is 7.89. The second-order valence-corrected chi connectivity index (χ2v) is 12.0. The van der Waals surface area contributed by atoms with Crippen LogP contribution in [0.15, 0.2) is 76.3 Å². The predicted molar refractivity (Wildman–Crippen MR) is 154 cm³/mol. The molecule has 5 rings (SSSR count). The smallest absolute Gasteiger partial charge is 0.255 e. The highest BCUT2D eigenvalue weighted by Crippen LogP contribution is 2.45. The molecular formula is C32H33FN2O3S. The fourth-order valence-electron chi connectivity index (χ4n) is 4.89. The van der Waals surface area contributed by atoms with Crippen molar-refractivity contribution in [3.8, 4) is 5.75 Å². The largest absolute Gasteiger partial charge is 0.488 e. The summed E-state index contributed by atoms with van der Waals surface area (Å²) in [6, 6.07) is 17.6. The lowest BCUT2D eigenvalue weighted by molar-refractivity contribution is 0.0947. The van der Waals surface area contributed by atoms with E-state index in [-0.39, 0.29) is 17.1 Å². The van der Waals surface area contributed by atoms with Gasteiger partial charge in [0, 0.05) is 16.7 Å². The lowest BCUT2D eigenvalue weighted by Crippen LogP contribution is -2.28. The summed E-state index contributed by atoms with van der Waals surface area (Å²) in [5, 5.41) is 3.73. The third-order valence-electron chi connectivity index (χ3n) is 7.25. The molecule has 0 bridgehead atoms. The number of ether oxygens (including phenoxy) is 1. The summed E-state index contributed by atoms with van der Waals surface area (Å²) in [5.74, 6) is 1.52. The summed E-state index contributed by atoms with van der Waals surface area (Å²) in [6.07, 6.45) is 6.24. The van der Waals surface area contributed by atoms with Crippen LogP contribution in [0.5, 0.6) is 5.75 Å². The van der Waals surface area contributed by atoms with Crippen molar-refractivity contribution < 1.29 is 18.3 Å². The van der Waals surface area contributed by atoms with Gasteiger partial charge < -0.3 is 14.5 Å². The Labute approximate surface area is 232 Å². The van der Waals surface area contributed by atoms with E-state index in [0.29, 0.717) is 41.1 Å². The summed E-state index contributed by atoms with van der Waals surface area (Å²) in [5.41, 5.74) is 3.66. The molecule has 1 aliphatic carbocycles. The van der Waals surface area contributed by atoms with E-state index in [1.54, 1.807) is 35.9 Å². The van der Waals surface area contributed by atoms with E-state index in [2.05, 4.69) is 26.1 Å². The third kappa shape index (κ3) is 6.48. The van der Waals surface area contributed by atoms with Crippen LogP contribution in [0.4, 0.5) is 9.39 Å². The number of carbonyl (C=O) groups is 1. The minimum Gasteiger partial charge on any atom is -0.488 e. The average Bonchev–Trinajstić information content (AvgIpc) is 3.57. The van der Waals surface area contributed by atoms with Gasteiger partial charge in [-0.25, -0.2) is 9.38 Å². The lowest BCUT2D eigenvalue weighted by atomic mass is 9.72. The molecule has 2 heterocycles. The van der Waals surface area contributed by atoms with Crippen molar-refractivity contribution >= 4 is 28.5 Å². The SMILES string of the molecule is CC(C)(C)[C@H]1CCc2c(sc(N=Cc3ccccc3OCc3ccc(F)cc3)c2C(=O)NCc2ccco2)C1. The number of benzene rings is 2. The molecular weight excluding hydrogens is 511 g/mol. The number of carbonyl (C=O) groups excluding carboxylic acids is 1. The van der Waals surface area contributed by atoms with Crippen molar-refractivity contribution in [3.05, 3.63) is 106 Å². The third-order valence-corrected chi connectivity index (χ3v) is 8.41. The second kappa shape index (κ2) is 11.6. The molecule has 1 aliphatic rings. The molecule has 39 heavy (non-hydrogen) atoms. The lowest BCUT2D eigenvalue weighted by Gasteiger charge is -2.33. The van der Waals surface area contributed by atoms with Gasteiger partial charge in [0.05, 0.1) is 18.4 Å². The molecule has 202 valence electrons. The molecule has 0 saturated heterocycles. The minimum absolute atomic E-state index is 0.133. The van der Waals surface area contributed by atoms with E-state index in [4.69, 9.17) is 14.1 Å². The molecule has 4 aromatic rings. The highest BCUT2D eigenvalue weighted by molar-refractivity contribution is 7.16. The maximum atomic E-state index is 13.5. The maximum Gasteiger partial charge on any atom is 0.255 e. The standard InChI is InChI=1S/C32H33FN2O3S/c1-32(2,3)23-12-15-26-28(17-23)39-31(29(26)30(36)34-19-25-8-6-16-37-25)35-18-22-7-4-5-9-27(22)38-20-21-10-13-24(33)14-11-21/h4-11,13-14,16,18,23H,12,15,17,19-20H2,1-3H3,(H,34,36)/t23-/m0/s1. The molecule has 1 N–H and O–H groups in total. The molecule has 0 saturated carbocycles. The molecule has 0 spiro atoms. The first-order chi connectivity index (χ1) is 18.8. The normalized spacial score (nSPS) is 15.3. The number of fused-ring (bicyclic) bond motifs is 1. The number of nitrogens with one attached hydrogen (secondary N) is 1. The molecule has 2 aromatic heterocycles. The Kier molecular flexibility index (Phi) is 7.98. The first-order valence-corrected chi connectivity index (χ1v) is 14.0. The summed E-state index contributed by atoms with van der Waals surface area (Å²) in [6.45, 7) is 7.50. The number of furan rings is 1. The Bertz CT molecular complexity index is 1450. The van der Waals surface area contributed by atoms with Gasteiger partial charge in [-0.05, 0) is 78.1 Å². The zero-order valence-corrected chi connectivity index (χ0v) is 23.3. The van der Waals surface area contributed by atoms with Crippen LogP contribution < -0.4 is 10.1 Å². The number of amides is 1. The fourth-order valence-corrected chi connectivity index (χ4v) is 6.16. The molecule has 2 aromatic carbocycles. The number of rotatable bonds is 8. The molecule has 0 radical (unpaired) electrons. The number of para-hydroxylation sites is 1. The molecule has 5 nitrogen and oxygen atoms in total. The van der Waals surface area contributed by atoms with Gasteiger partial charge in [-0.1, -0.05) is 45.0 Å². The van der Waals surface area contributed by atoms with E-state index in [9.17, 15) is 9.18 Å². The Hall–Kier alpha value is -3.71. The number of hydrogen-bond donors (Lipinski definition) is 1. The molecule has 0 aliphatic heterocycles. The van der Waals surface area contributed by atoms with Gasteiger partial charge in [-0.3, -0.25) is 4.79 Å². The Morgan fingerprint density at radius 2 is 1.95 bits per heavy atom. The van der Waals surface area contributed by atoms with Gasteiger partial charge in [0.2, 0.25) is 0 Å². The van der Waals surface area contributed by atoms with E-state index in [1.807, 2.05) is 36.4 Å². The highest BCUT2D eigenvalue weighted by Gasteiger charge is 2.33. The van der Waals surface area contributed by atoms with Crippen LogP contribution in [-0.4, -0.2) is 12.1 Å². The minimum atomic E-state index is -0.275. The zero-order valence-electron chi connectivity index (χ0n) is 22.5.